The van der Waals surface area contributed by atoms with Crippen molar-refractivity contribution >= 4 is 10.0 Å². The van der Waals surface area contributed by atoms with Gasteiger partial charge >= 0.3 is 0 Å². The molecule has 7 nitrogen and oxygen atoms in total. The van der Waals surface area contributed by atoms with Gasteiger partial charge in [-0.2, -0.15) is 0 Å². The number of nitrogens with one attached hydrogen (secondary N) is 1. The number of nitrogens with zero attached hydrogens (tertiary/aromatic N) is 4. The van der Waals surface area contributed by atoms with Crippen molar-refractivity contribution in [1.82, 2.24) is 9.62 Å². The van der Waals surface area contributed by atoms with Gasteiger partial charge in [0.25, 0.3) is 0 Å². The van der Waals surface area contributed by atoms with Crippen molar-refractivity contribution in [2.24, 2.45) is 11.0 Å². The molecule has 0 spiro atoms. The van der Waals surface area contributed by atoms with Crippen molar-refractivity contribution in [3.63, 3.8) is 0 Å². The van der Waals surface area contributed by atoms with Gasteiger partial charge in [-0.05, 0) is 73.8 Å². The highest BCUT2D eigenvalue weighted by molar-refractivity contribution is 7.89. The number of rotatable bonds is 8. The first-order chi connectivity index (χ1) is 13.6. The van der Waals surface area contributed by atoms with Crippen LogP contribution in [-0.4, -0.2) is 46.0 Å². The molecule has 3 rings (SSSR count). The van der Waals surface area contributed by atoms with Crippen LogP contribution in [0.3, 0.4) is 0 Å². The van der Waals surface area contributed by atoms with Gasteiger partial charge in [-0.3, -0.25) is 0 Å². The van der Waals surface area contributed by atoms with Gasteiger partial charge in [-0.1, -0.05) is 36.5 Å². The second kappa shape index (κ2) is 10.3. The summed E-state index contributed by atoms with van der Waals surface area (Å²) in [7, 11) is -3.46. The molecular formula is C20H31N5O2S. The highest BCUT2D eigenvalue weighted by atomic mass is 32.2. The Labute approximate surface area is 168 Å². The molecule has 1 aliphatic carbocycles. The number of hydrogen-bond acceptors (Lipinski definition) is 4. The zero-order chi connectivity index (χ0) is 19.8. The van der Waals surface area contributed by atoms with Crippen LogP contribution in [0.15, 0.2) is 34.3 Å². The number of piperidine rings is 1. The molecule has 0 amide bonds. The third-order valence-corrected chi connectivity index (χ3v) is 7.57. The lowest BCUT2D eigenvalue weighted by Gasteiger charge is -2.31. The largest absolute Gasteiger partial charge is 0.302 e. The van der Waals surface area contributed by atoms with Crippen LogP contribution in [-0.2, 0) is 10.0 Å². The summed E-state index contributed by atoms with van der Waals surface area (Å²) in [4.78, 5) is 5.43. The van der Waals surface area contributed by atoms with Gasteiger partial charge in [-0.15, -0.1) is 0 Å². The average Bonchev–Trinajstić information content (AvgIpc) is 2.74. The summed E-state index contributed by atoms with van der Waals surface area (Å²) in [6, 6.07) is 7.46. The molecule has 1 aromatic carbocycles. The van der Waals surface area contributed by atoms with Crippen molar-refractivity contribution in [3.8, 4) is 0 Å². The van der Waals surface area contributed by atoms with Crippen molar-refractivity contribution in [3.05, 3.63) is 40.3 Å². The molecule has 1 heterocycles. The molecule has 0 unspecified atom stereocenters. The van der Waals surface area contributed by atoms with Crippen LogP contribution in [0.2, 0.25) is 0 Å². The Hall–Kier alpha value is -1.60. The fourth-order valence-electron chi connectivity index (χ4n) is 4.32. The molecule has 154 valence electrons. The molecule has 1 aromatic rings. The van der Waals surface area contributed by atoms with Crippen molar-refractivity contribution in [2.75, 3.05) is 32.7 Å². The molecule has 1 saturated carbocycles. The van der Waals surface area contributed by atoms with Crippen LogP contribution in [0.25, 0.3) is 10.4 Å². The molecule has 1 saturated heterocycles. The third kappa shape index (κ3) is 5.95. The van der Waals surface area contributed by atoms with Crippen LogP contribution in [0.4, 0.5) is 0 Å². The molecular weight excluding hydrogens is 374 g/mol. The maximum absolute atomic E-state index is 12.6. The number of azide groups is 1. The Balaban J connectivity index is 1.44. The first-order valence-corrected chi connectivity index (χ1v) is 11.9. The minimum atomic E-state index is -3.46. The van der Waals surface area contributed by atoms with E-state index < -0.39 is 10.0 Å². The molecule has 0 atom stereocenters. The molecule has 2 fully saturated rings. The van der Waals surface area contributed by atoms with E-state index >= 15 is 0 Å². The quantitative estimate of drug-likeness (QED) is 0.401. The first-order valence-electron chi connectivity index (χ1n) is 10.4. The lowest BCUT2D eigenvalue weighted by Crippen LogP contribution is -2.40. The Kier molecular flexibility index (Phi) is 7.73. The summed E-state index contributed by atoms with van der Waals surface area (Å²) in [6.07, 6.45) is 8.28. The zero-order valence-corrected chi connectivity index (χ0v) is 17.3. The van der Waals surface area contributed by atoms with Crippen molar-refractivity contribution in [2.45, 2.75) is 55.8 Å². The maximum atomic E-state index is 12.6. The smallest absolute Gasteiger partial charge is 0.240 e. The van der Waals surface area contributed by atoms with E-state index in [-0.39, 0.29) is 0 Å². The van der Waals surface area contributed by atoms with Crippen LogP contribution >= 0.6 is 0 Å². The summed E-state index contributed by atoms with van der Waals surface area (Å²) in [5, 5.41) is 3.65. The highest BCUT2D eigenvalue weighted by Crippen LogP contribution is 2.32. The second-order valence-electron chi connectivity index (χ2n) is 8.00. The number of hydrogen-bond donors (Lipinski definition) is 1. The van der Waals surface area contributed by atoms with Crippen LogP contribution in [0, 0.1) is 5.92 Å². The number of likely N-dealkylation sites (tertiary alicyclic amines) is 1. The monoisotopic (exact) mass is 405 g/mol. The molecule has 28 heavy (non-hydrogen) atoms. The van der Waals surface area contributed by atoms with E-state index in [0.717, 1.165) is 25.9 Å². The van der Waals surface area contributed by atoms with Gasteiger partial charge in [0.15, 0.2) is 0 Å². The molecule has 8 heteroatoms. The first kappa shape index (κ1) is 21.1. The Morgan fingerprint density at radius 2 is 1.75 bits per heavy atom. The van der Waals surface area contributed by atoms with E-state index in [1.807, 2.05) is 12.1 Å². The SMILES string of the molecule is [N-]=[N+]=NCC1CCN(CCNS(=O)(=O)c2ccc(C3CCCCC3)cc2)CC1. The lowest BCUT2D eigenvalue weighted by molar-refractivity contribution is 0.190. The van der Waals surface area contributed by atoms with E-state index in [4.69, 9.17) is 5.53 Å². The standard InChI is InChI=1S/C20H31N5O2S/c21-24-22-16-17-10-13-25(14-11-17)15-12-23-28(26,27)20-8-6-19(7-9-20)18-4-2-1-3-5-18/h6-9,17-18,23H,1-5,10-16H2. The number of sulfonamides is 1. The zero-order valence-electron chi connectivity index (χ0n) is 16.5. The van der Waals surface area contributed by atoms with E-state index in [1.165, 1.54) is 37.7 Å². The predicted molar refractivity (Wildman–Crippen MR) is 111 cm³/mol. The molecule has 0 bridgehead atoms. The molecule has 0 radical (unpaired) electrons. The molecule has 1 N–H and O–H groups in total. The van der Waals surface area contributed by atoms with Gasteiger partial charge in [0, 0.05) is 24.5 Å². The van der Waals surface area contributed by atoms with E-state index in [9.17, 15) is 8.42 Å². The minimum Gasteiger partial charge on any atom is -0.302 e. The van der Waals surface area contributed by atoms with Gasteiger partial charge in [0.2, 0.25) is 10.0 Å². The topological polar surface area (TPSA) is 98.2 Å². The van der Waals surface area contributed by atoms with Gasteiger partial charge in [0.05, 0.1) is 4.90 Å². The summed E-state index contributed by atoms with van der Waals surface area (Å²) in [5.74, 6) is 1.03. The van der Waals surface area contributed by atoms with Crippen LogP contribution < -0.4 is 4.72 Å². The Bertz CT molecular complexity index is 760. The summed E-state index contributed by atoms with van der Waals surface area (Å²) < 4.78 is 27.8. The fraction of sp³-hybridized carbons (Fsp3) is 0.700. The lowest BCUT2D eigenvalue weighted by atomic mass is 9.84. The predicted octanol–water partition coefficient (Wildman–Crippen LogP) is 4.03. The Morgan fingerprint density at radius 3 is 2.39 bits per heavy atom. The summed E-state index contributed by atoms with van der Waals surface area (Å²) in [6.45, 7) is 3.52. The Morgan fingerprint density at radius 1 is 1.07 bits per heavy atom. The van der Waals surface area contributed by atoms with E-state index in [2.05, 4.69) is 19.6 Å². The fourth-order valence-corrected chi connectivity index (χ4v) is 5.34. The summed E-state index contributed by atoms with van der Waals surface area (Å²) >= 11 is 0. The van der Waals surface area contributed by atoms with Gasteiger partial charge in [-0.25, -0.2) is 13.1 Å². The average molecular weight is 406 g/mol. The maximum Gasteiger partial charge on any atom is 0.240 e. The normalized spacial score (nSPS) is 20.0. The molecule has 0 aromatic heterocycles. The van der Waals surface area contributed by atoms with E-state index in [0.29, 0.717) is 36.4 Å². The van der Waals surface area contributed by atoms with E-state index in [1.54, 1.807) is 12.1 Å². The van der Waals surface area contributed by atoms with Crippen LogP contribution in [0.5, 0.6) is 0 Å². The van der Waals surface area contributed by atoms with Crippen molar-refractivity contribution in [1.29, 1.82) is 0 Å². The minimum absolute atomic E-state index is 0.347. The van der Waals surface area contributed by atoms with Crippen LogP contribution in [0.1, 0.15) is 56.4 Å². The van der Waals surface area contributed by atoms with Gasteiger partial charge < -0.3 is 4.90 Å². The third-order valence-electron chi connectivity index (χ3n) is 6.10. The highest BCUT2D eigenvalue weighted by Gasteiger charge is 2.20. The van der Waals surface area contributed by atoms with Gasteiger partial charge in [0.1, 0.15) is 0 Å². The molecule has 2 aliphatic rings. The summed E-state index contributed by atoms with van der Waals surface area (Å²) in [5.41, 5.74) is 9.67. The van der Waals surface area contributed by atoms with Crippen molar-refractivity contribution < 1.29 is 8.42 Å². The second-order valence-corrected chi connectivity index (χ2v) is 9.77. The number of benzene rings is 1. The molecule has 1 aliphatic heterocycles.